The first-order valence-electron chi connectivity index (χ1n) is 5.18. The van der Waals surface area contributed by atoms with Crippen LogP contribution in [0.2, 0.25) is 0 Å². The molecule has 1 saturated heterocycles. The Balaban J connectivity index is 2.40. The molecule has 0 spiro atoms. The zero-order valence-corrected chi connectivity index (χ0v) is 10.6. The van der Waals surface area contributed by atoms with Crippen LogP contribution in [-0.4, -0.2) is 26.9 Å². The van der Waals surface area contributed by atoms with E-state index in [1.165, 1.54) is 0 Å². The zero-order valence-electron chi connectivity index (χ0n) is 9.81. The number of hydrogen-bond donors (Lipinski definition) is 0. The lowest BCUT2D eigenvalue weighted by atomic mass is 9.98. The van der Waals surface area contributed by atoms with E-state index in [1.807, 2.05) is 0 Å². The first-order valence-corrected chi connectivity index (χ1v) is 7.00. The molecule has 1 aliphatic heterocycles. The molecule has 0 radical (unpaired) electrons. The third-order valence-electron chi connectivity index (χ3n) is 2.67. The summed E-state index contributed by atoms with van der Waals surface area (Å²) in [5, 5.41) is 0. The lowest BCUT2D eigenvalue weighted by Crippen LogP contribution is -2.25. The zero-order chi connectivity index (χ0) is 13.6. The molecule has 2 rings (SSSR count). The van der Waals surface area contributed by atoms with E-state index in [0.29, 0.717) is 6.07 Å². The van der Waals surface area contributed by atoms with E-state index < -0.39 is 33.5 Å². The molecule has 0 amide bonds. The molecule has 4 nitrogen and oxygen atoms in total. The third kappa shape index (κ3) is 2.85. The number of epoxide rings is 1. The summed E-state index contributed by atoms with van der Waals surface area (Å²) in [6, 6.07) is 2.88. The van der Waals surface area contributed by atoms with E-state index in [4.69, 9.17) is 8.92 Å². The lowest BCUT2D eigenvalue weighted by Gasteiger charge is -2.20. The van der Waals surface area contributed by atoms with Gasteiger partial charge >= 0.3 is 0 Å². The number of rotatable bonds is 4. The fourth-order valence-electron chi connectivity index (χ4n) is 1.64. The topological polar surface area (TPSA) is 55.9 Å². The Morgan fingerprint density at radius 2 is 2.06 bits per heavy atom. The third-order valence-corrected chi connectivity index (χ3v) is 3.21. The van der Waals surface area contributed by atoms with Gasteiger partial charge in [0.2, 0.25) is 0 Å². The first-order chi connectivity index (χ1) is 8.21. The van der Waals surface area contributed by atoms with Gasteiger partial charge < -0.3 is 4.74 Å². The van der Waals surface area contributed by atoms with Crippen LogP contribution in [0.1, 0.15) is 18.6 Å². The molecule has 7 heteroatoms. The fraction of sp³-hybridized carbons (Fsp3) is 0.455. The molecule has 0 bridgehead atoms. The maximum absolute atomic E-state index is 13.7. The largest absolute Gasteiger partial charge is 0.367 e. The lowest BCUT2D eigenvalue weighted by molar-refractivity contribution is 0.111. The van der Waals surface area contributed by atoms with Gasteiger partial charge in [-0.15, -0.1) is 0 Å². The highest BCUT2D eigenvalue weighted by Gasteiger charge is 2.51. The maximum Gasteiger partial charge on any atom is 0.265 e. The number of benzene rings is 1. The van der Waals surface area contributed by atoms with Crippen molar-refractivity contribution in [3.05, 3.63) is 35.4 Å². The SMILES string of the molecule is CC1(C(OS(C)(=O)=O)c2ccc(F)cc2F)CO1. The van der Waals surface area contributed by atoms with Crippen LogP contribution in [0, 0.1) is 11.6 Å². The molecule has 1 aliphatic rings. The molecule has 1 aromatic rings. The summed E-state index contributed by atoms with van der Waals surface area (Å²) in [5.74, 6) is -1.60. The highest BCUT2D eigenvalue weighted by Crippen LogP contribution is 2.43. The Hall–Kier alpha value is -1.05. The van der Waals surface area contributed by atoms with Crippen molar-refractivity contribution < 1.29 is 26.1 Å². The molecule has 0 aromatic heterocycles. The van der Waals surface area contributed by atoms with Gasteiger partial charge in [-0.2, -0.15) is 8.42 Å². The van der Waals surface area contributed by atoms with Gasteiger partial charge in [-0.05, 0) is 13.0 Å². The molecular weight excluding hydrogens is 266 g/mol. The van der Waals surface area contributed by atoms with Crippen molar-refractivity contribution in [1.82, 2.24) is 0 Å². The Kier molecular flexibility index (Phi) is 3.16. The van der Waals surface area contributed by atoms with Gasteiger partial charge in [0.25, 0.3) is 10.1 Å². The van der Waals surface area contributed by atoms with Crippen molar-refractivity contribution in [3.63, 3.8) is 0 Å². The Bertz CT molecular complexity index is 566. The Morgan fingerprint density at radius 1 is 1.44 bits per heavy atom. The van der Waals surface area contributed by atoms with Crippen LogP contribution in [0.15, 0.2) is 18.2 Å². The molecule has 1 heterocycles. The molecular formula is C11H12F2O4S. The van der Waals surface area contributed by atoms with E-state index in [1.54, 1.807) is 6.92 Å². The summed E-state index contributed by atoms with van der Waals surface area (Å²) in [5.41, 5.74) is -0.941. The van der Waals surface area contributed by atoms with Gasteiger partial charge in [0.05, 0.1) is 12.9 Å². The molecule has 0 N–H and O–H groups in total. The second kappa shape index (κ2) is 4.25. The average molecular weight is 278 g/mol. The summed E-state index contributed by atoms with van der Waals surface area (Å²) >= 11 is 0. The van der Waals surface area contributed by atoms with Gasteiger partial charge in [0.15, 0.2) is 0 Å². The molecule has 18 heavy (non-hydrogen) atoms. The monoisotopic (exact) mass is 278 g/mol. The van der Waals surface area contributed by atoms with Gasteiger partial charge in [-0.25, -0.2) is 8.78 Å². The summed E-state index contributed by atoms with van der Waals surface area (Å²) in [6.45, 7) is 1.86. The van der Waals surface area contributed by atoms with Gasteiger partial charge in [0, 0.05) is 11.6 Å². The predicted octanol–water partition coefficient (Wildman–Crippen LogP) is 1.77. The van der Waals surface area contributed by atoms with Crippen molar-refractivity contribution in [2.24, 2.45) is 0 Å². The van der Waals surface area contributed by atoms with Crippen molar-refractivity contribution >= 4 is 10.1 Å². The van der Waals surface area contributed by atoms with Crippen molar-refractivity contribution in [3.8, 4) is 0 Å². The van der Waals surface area contributed by atoms with Crippen LogP contribution in [-0.2, 0) is 19.0 Å². The van der Waals surface area contributed by atoms with Crippen LogP contribution in [0.4, 0.5) is 8.78 Å². The van der Waals surface area contributed by atoms with Gasteiger partial charge in [0.1, 0.15) is 23.3 Å². The quantitative estimate of drug-likeness (QED) is 0.622. The molecule has 0 saturated carbocycles. The normalized spacial score (nSPS) is 24.9. The minimum Gasteiger partial charge on any atom is -0.367 e. The minimum atomic E-state index is -3.78. The van der Waals surface area contributed by atoms with Crippen LogP contribution < -0.4 is 0 Å². The van der Waals surface area contributed by atoms with E-state index >= 15 is 0 Å². The van der Waals surface area contributed by atoms with Gasteiger partial charge in [-0.1, -0.05) is 6.07 Å². The number of halogens is 2. The summed E-state index contributed by atoms with van der Waals surface area (Å²) in [7, 11) is -3.78. The van der Waals surface area contributed by atoms with Crippen LogP contribution in [0.25, 0.3) is 0 Å². The van der Waals surface area contributed by atoms with Crippen molar-refractivity contribution in [2.75, 3.05) is 12.9 Å². The molecule has 2 atom stereocenters. The molecule has 1 fully saturated rings. The predicted molar refractivity (Wildman–Crippen MR) is 59.4 cm³/mol. The van der Waals surface area contributed by atoms with Crippen molar-refractivity contribution in [2.45, 2.75) is 18.6 Å². The smallest absolute Gasteiger partial charge is 0.265 e. The maximum atomic E-state index is 13.7. The van der Waals surface area contributed by atoms with E-state index in [-0.39, 0.29) is 12.2 Å². The number of hydrogen-bond acceptors (Lipinski definition) is 4. The molecule has 100 valence electrons. The molecule has 1 aromatic carbocycles. The average Bonchev–Trinajstić information content (AvgIpc) is 2.93. The standard InChI is InChI=1S/C11H12F2O4S/c1-11(6-16-11)10(17-18(2,14)15)8-4-3-7(12)5-9(8)13/h3-5,10H,6H2,1-2H3. The van der Waals surface area contributed by atoms with Gasteiger partial charge in [-0.3, -0.25) is 4.18 Å². The highest BCUT2D eigenvalue weighted by atomic mass is 32.2. The highest BCUT2D eigenvalue weighted by molar-refractivity contribution is 7.86. The van der Waals surface area contributed by atoms with Crippen LogP contribution in [0.3, 0.4) is 0 Å². The first kappa shape index (κ1) is 13.4. The second-order valence-corrected chi connectivity index (χ2v) is 6.05. The summed E-state index contributed by atoms with van der Waals surface area (Å²) in [6.07, 6.45) is -0.249. The van der Waals surface area contributed by atoms with E-state index in [9.17, 15) is 17.2 Å². The van der Waals surface area contributed by atoms with E-state index in [0.717, 1.165) is 18.4 Å². The van der Waals surface area contributed by atoms with Crippen LogP contribution >= 0.6 is 0 Å². The Labute approximate surface area is 104 Å². The molecule has 2 unspecified atom stereocenters. The fourth-order valence-corrected chi connectivity index (χ4v) is 2.29. The Morgan fingerprint density at radius 3 is 2.50 bits per heavy atom. The van der Waals surface area contributed by atoms with E-state index in [2.05, 4.69) is 0 Å². The van der Waals surface area contributed by atoms with Crippen LogP contribution in [0.5, 0.6) is 0 Å². The second-order valence-electron chi connectivity index (χ2n) is 4.45. The van der Waals surface area contributed by atoms with Crippen molar-refractivity contribution in [1.29, 1.82) is 0 Å². The number of ether oxygens (including phenoxy) is 1. The summed E-state index contributed by atoms with van der Waals surface area (Å²) < 4.78 is 58.8. The summed E-state index contributed by atoms with van der Waals surface area (Å²) in [4.78, 5) is 0. The minimum absolute atomic E-state index is 0.0400. The molecule has 0 aliphatic carbocycles.